The van der Waals surface area contributed by atoms with E-state index in [9.17, 15) is 0 Å². The molecular formula is C16H18BrNO. The van der Waals surface area contributed by atoms with E-state index in [2.05, 4.69) is 53.3 Å². The average Bonchev–Trinajstić information content (AvgIpc) is 2.41. The highest BCUT2D eigenvalue weighted by Gasteiger charge is 2.05. The summed E-state index contributed by atoms with van der Waals surface area (Å²) in [5.41, 5.74) is 2.38. The van der Waals surface area contributed by atoms with Gasteiger partial charge in [-0.25, -0.2) is 0 Å². The molecule has 2 aromatic rings. The monoisotopic (exact) mass is 319 g/mol. The molecule has 0 aliphatic rings. The number of hydrogen-bond acceptors (Lipinski definition) is 2. The Bertz CT molecular complexity index is 537. The van der Waals surface area contributed by atoms with E-state index >= 15 is 0 Å². The van der Waals surface area contributed by atoms with Crippen molar-refractivity contribution in [1.82, 2.24) is 5.32 Å². The lowest BCUT2D eigenvalue weighted by molar-refractivity contribution is 0.473. The zero-order valence-corrected chi connectivity index (χ0v) is 12.8. The molecule has 0 saturated heterocycles. The van der Waals surface area contributed by atoms with Crippen LogP contribution in [0.1, 0.15) is 18.1 Å². The van der Waals surface area contributed by atoms with Gasteiger partial charge in [0.15, 0.2) is 0 Å². The number of rotatable bonds is 5. The van der Waals surface area contributed by atoms with Gasteiger partial charge in [0.05, 0.1) is 0 Å². The maximum atomic E-state index is 5.96. The van der Waals surface area contributed by atoms with Crippen molar-refractivity contribution in [3.63, 3.8) is 0 Å². The van der Waals surface area contributed by atoms with Crippen molar-refractivity contribution in [1.29, 1.82) is 0 Å². The molecule has 0 heterocycles. The lowest BCUT2D eigenvalue weighted by atomic mass is 10.2. The smallest absolute Gasteiger partial charge is 0.131 e. The SMILES string of the molecule is CCNCc1cc(Br)ccc1Oc1ccc(C)cc1. The Labute approximate surface area is 122 Å². The van der Waals surface area contributed by atoms with Gasteiger partial charge in [0.2, 0.25) is 0 Å². The van der Waals surface area contributed by atoms with Gasteiger partial charge in [-0.2, -0.15) is 0 Å². The van der Waals surface area contributed by atoms with Crippen LogP contribution in [0.25, 0.3) is 0 Å². The molecule has 1 N–H and O–H groups in total. The lowest BCUT2D eigenvalue weighted by Crippen LogP contribution is -2.12. The maximum absolute atomic E-state index is 5.96. The molecule has 0 atom stereocenters. The minimum atomic E-state index is 0.803. The number of aryl methyl sites for hydroxylation is 1. The quantitative estimate of drug-likeness (QED) is 0.865. The van der Waals surface area contributed by atoms with Crippen LogP contribution in [0, 0.1) is 6.92 Å². The summed E-state index contributed by atoms with van der Waals surface area (Å²) < 4.78 is 7.02. The van der Waals surface area contributed by atoms with Crippen molar-refractivity contribution in [3.05, 3.63) is 58.1 Å². The van der Waals surface area contributed by atoms with E-state index < -0.39 is 0 Å². The molecule has 0 saturated carbocycles. The van der Waals surface area contributed by atoms with Gasteiger partial charge in [-0.1, -0.05) is 40.5 Å². The molecule has 0 aromatic heterocycles. The Morgan fingerprint density at radius 2 is 1.84 bits per heavy atom. The molecule has 0 amide bonds. The summed E-state index contributed by atoms with van der Waals surface area (Å²) in [7, 11) is 0. The standard InChI is InChI=1S/C16H18BrNO/c1-3-18-11-13-10-14(17)6-9-16(13)19-15-7-4-12(2)5-8-15/h4-10,18H,3,11H2,1-2H3. The number of hydrogen-bond donors (Lipinski definition) is 1. The minimum Gasteiger partial charge on any atom is -0.457 e. The van der Waals surface area contributed by atoms with Gasteiger partial charge in [0, 0.05) is 16.6 Å². The molecular weight excluding hydrogens is 302 g/mol. The molecule has 0 spiro atoms. The molecule has 0 aliphatic heterocycles. The third kappa shape index (κ3) is 4.08. The van der Waals surface area contributed by atoms with Gasteiger partial charge in [-0.15, -0.1) is 0 Å². The molecule has 19 heavy (non-hydrogen) atoms. The zero-order valence-electron chi connectivity index (χ0n) is 11.2. The molecule has 100 valence electrons. The van der Waals surface area contributed by atoms with Crippen LogP contribution in [0.5, 0.6) is 11.5 Å². The second-order valence-electron chi connectivity index (χ2n) is 4.45. The van der Waals surface area contributed by atoms with Crippen molar-refractivity contribution in [2.75, 3.05) is 6.54 Å². The van der Waals surface area contributed by atoms with E-state index in [4.69, 9.17) is 4.74 Å². The topological polar surface area (TPSA) is 21.3 Å². The van der Waals surface area contributed by atoms with Gasteiger partial charge < -0.3 is 10.1 Å². The third-order valence-electron chi connectivity index (χ3n) is 2.84. The number of ether oxygens (including phenoxy) is 1. The number of benzene rings is 2. The Morgan fingerprint density at radius 1 is 1.11 bits per heavy atom. The van der Waals surface area contributed by atoms with Crippen LogP contribution in [-0.4, -0.2) is 6.54 Å². The van der Waals surface area contributed by atoms with Crippen LogP contribution in [0.4, 0.5) is 0 Å². The largest absolute Gasteiger partial charge is 0.457 e. The van der Waals surface area contributed by atoms with Crippen LogP contribution < -0.4 is 10.1 Å². The first-order valence-electron chi connectivity index (χ1n) is 6.42. The van der Waals surface area contributed by atoms with Gasteiger partial charge in [-0.3, -0.25) is 0 Å². The first-order chi connectivity index (χ1) is 9.19. The van der Waals surface area contributed by atoms with Crippen molar-refractivity contribution in [2.45, 2.75) is 20.4 Å². The van der Waals surface area contributed by atoms with Crippen molar-refractivity contribution >= 4 is 15.9 Å². The predicted octanol–water partition coefficient (Wildman–Crippen LogP) is 4.66. The highest BCUT2D eigenvalue weighted by atomic mass is 79.9. The summed E-state index contributed by atoms with van der Waals surface area (Å²) in [6, 6.07) is 14.2. The van der Waals surface area contributed by atoms with Crippen molar-refractivity contribution in [2.24, 2.45) is 0 Å². The molecule has 0 fully saturated rings. The first-order valence-corrected chi connectivity index (χ1v) is 7.22. The number of nitrogens with one attached hydrogen (secondary N) is 1. The molecule has 3 heteroatoms. The molecule has 0 aliphatic carbocycles. The van der Waals surface area contributed by atoms with Gasteiger partial charge in [0.1, 0.15) is 11.5 Å². The fraction of sp³-hybridized carbons (Fsp3) is 0.250. The summed E-state index contributed by atoms with van der Waals surface area (Å²) in [6.45, 7) is 5.91. The van der Waals surface area contributed by atoms with E-state index in [1.165, 1.54) is 5.56 Å². The Morgan fingerprint density at radius 3 is 2.53 bits per heavy atom. The van der Waals surface area contributed by atoms with Crippen LogP contribution in [0.15, 0.2) is 46.9 Å². The average molecular weight is 320 g/mol. The van der Waals surface area contributed by atoms with Crippen LogP contribution in [0.2, 0.25) is 0 Å². The summed E-state index contributed by atoms with van der Waals surface area (Å²) in [6.07, 6.45) is 0. The third-order valence-corrected chi connectivity index (χ3v) is 3.33. The van der Waals surface area contributed by atoms with E-state index in [0.29, 0.717) is 0 Å². The Balaban J connectivity index is 2.20. The lowest BCUT2D eigenvalue weighted by Gasteiger charge is -2.12. The fourth-order valence-electron chi connectivity index (χ4n) is 1.78. The first kappa shape index (κ1) is 14.1. The number of halogens is 1. The van der Waals surface area contributed by atoms with E-state index in [1.807, 2.05) is 24.3 Å². The predicted molar refractivity (Wildman–Crippen MR) is 82.8 cm³/mol. The molecule has 2 nitrogen and oxygen atoms in total. The van der Waals surface area contributed by atoms with Crippen LogP contribution in [-0.2, 0) is 6.54 Å². The normalized spacial score (nSPS) is 10.5. The molecule has 0 radical (unpaired) electrons. The maximum Gasteiger partial charge on any atom is 0.131 e. The van der Waals surface area contributed by atoms with Crippen molar-refractivity contribution < 1.29 is 4.74 Å². The van der Waals surface area contributed by atoms with Crippen molar-refractivity contribution in [3.8, 4) is 11.5 Å². The van der Waals surface area contributed by atoms with E-state index in [0.717, 1.165) is 34.6 Å². The van der Waals surface area contributed by atoms with E-state index in [1.54, 1.807) is 0 Å². The van der Waals surface area contributed by atoms with Gasteiger partial charge in [0.25, 0.3) is 0 Å². The second kappa shape index (κ2) is 6.73. The second-order valence-corrected chi connectivity index (χ2v) is 5.36. The fourth-order valence-corrected chi connectivity index (χ4v) is 2.19. The highest BCUT2D eigenvalue weighted by molar-refractivity contribution is 9.10. The summed E-state index contributed by atoms with van der Waals surface area (Å²) in [5, 5.41) is 3.33. The zero-order chi connectivity index (χ0) is 13.7. The van der Waals surface area contributed by atoms with Crippen LogP contribution >= 0.6 is 15.9 Å². The molecule has 0 unspecified atom stereocenters. The van der Waals surface area contributed by atoms with Crippen LogP contribution in [0.3, 0.4) is 0 Å². The van der Waals surface area contributed by atoms with Gasteiger partial charge >= 0.3 is 0 Å². The summed E-state index contributed by atoms with van der Waals surface area (Å²) in [4.78, 5) is 0. The molecule has 2 aromatic carbocycles. The summed E-state index contributed by atoms with van der Waals surface area (Å²) >= 11 is 3.50. The summed E-state index contributed by atoms with van der Waals surface area (Å²) in [5.74, 6) is 1.76. The molecule has 0 bridgehead atoms. The molecule has 2 rings (SSSR count). The Kier molecular flexibility index (Phi) is 5.00. The Hall–Kier alpha value is -1.32. The highest BCUT2D eigenvalue weighted by Crippen LogP contribution is 2.28. The van der Waals surface area contributed by atoms with Gasteiger partial charge in [-0.05, 0) is 43.8 Å². The van der Waals surface area contributed by atoms with E-state index in [-0.39, 0.29) is 0 Å². The minimum absolute atomic E-state index is 0.803.